The molecule has 2 aromatic rings. The third-order valence-electron chi connectivity index (χ3n) is 5.67. The Labute approximate surface area is 180 Å². The molecule has 2 fully saturated rings. The van der Waals surface area contributed by atoms with Crippen LogP contribution in [-0.2, 0) is 9.53 Å². The number of piperazine rings is 1. The summed E-state index contributed by atoms with van der Waals surface area (Å²) in [5, 5.41) is 4.54. The monoisotopic (exact) mass is 432 g/mol. The van der Waals surface area contributed by atoms with E-state index in [-0.39, 0.29) is 23.6 Å². The fraction of sp³-hybridized carbons (Fsp3) is 0.476. The third kappa shape index (κ3) is 4.50. The predicted octanol–water partition coefficient (Wildman–Crippen LogP) is 2.00. The van der Waals surface area contributed by atoms with E-state index in [0.717, 1.165) is 5.56 Å². The molecular weight excluding hydrogens is 408 g/mol. The number of carbonyl (C=O) groups excluding carboxylic acids is 2. The molecule has 1 aromatic heterocycles. The Balaban J connectivity index is 1.34. The molecule has 0 radical (unpaired) electrons. The summed E-state index contributed by atoms with van der Waals surface area (Å²) in [4.78, 5) is 31.3. The van der Waals surface area contributed by atoms with Gasteiger partial charge in [-0.05, 0) is 19.1 Å². The van der Waals surface area contributed by atoms with Crippen molar-refractivity contribution in [2.45, 2.75) is 13.0 Å². The summed E-state index contributed by atoms with van der Waals surface area (Å²) >= 11 is 6.02. The fourth-order valence-electron chi connectivity index (χ4n) is 3.83. The highest BCUT2D eigenvalue weighted by Crippen LogP contribution is 2.24. The van der Waals surface area contributed by atoms with E-state index in [1.54, 1.807) is 23.1 Å². The number of rotatable bonds is 4. The second-order valence-electron chi connectivity index (χ2n) is 7.53. The highest BCUT2D eigenvalue weighted by atomic mass is 35.5. The van der Waals surface area contributed by atoms with E-state index in [1.807, 2.05) is 24.0 Å². The number of aromatic nitrogens is 1. The van der Waals surface area contributed by atoms with Crippen molar-refractivity contribution in [3.63, 3.8) is 0 Å². The van der Waals surface area contributed by atoms with Crippen LogP contribution in [-0.4, -0.2) is 90.2 Å². The molecule has 0 aliphatic carbocycles. The second-order valence-corrected chi connectivity index (χ2v) is 7.96. The van der Waals surface area contributed by atoms with Crippen LogP contribution < -0.4 is 0 Å². The molecule has 2 amide bonds. The van der Waals surface area contributed by atoms with Gasteiger partial charge in [-0.2, -0.15) is 0 Å². The van der Waals surface area contributed by atoms with E-state index < -0.39 is 0 Å². The summed E-state index contributed by atoms with van der Waals surface area (Å²) in [7, 11) is 0. The number of hydrogen-bond acceptors (Lipinski definition) is 6. The van der Waals surface area contributed by atoms with Crippen LogP contribution in [0.15, 0.2) is 34.9 Å². The van der Waals surface area contributed by atoms with Crippen LogP contribution in [0.5, 0.6) is 0 Å². The number of ether oxygens (including phenoxy) is 1. The Hall–Kier alpha value is -2.42. The van der Waals surface area contributed by atoms with Gasteiger partial charge in [0, 0.05) is 55.9 Å². The van der Waals surface area contributed by atoms with E-state index in [9.17, 15) is 9.59 Å². The molecule has 4 rings (SSSR count). The zero-order valence-electron chi connectivity index (χ0n) is 16.9. The normalized spacial score (nSPS) is 19.0. The number of halogens is 1. The summed E-state index contributed by atoms with van der Waals surface area (Å²) in [5.41, 5.74) is 1.05. The maximum atomic E-state index is 12.8. The molecule has 0 saturated carbocycles. The minimum Gasteiger partial charge on any atom is -0.378 e. The van der Waals surface area contributed by atoms with Gasteiger partial charge >= 0.3 is 0 Å². The van der Waals surface area contributed by atoms with Crippen LogP contribution in [0, 0.1) is 0 Å². The zero-order valence-corrected chi connectivity index (χ0v) is 17.7. The van der Waals surface area contributed by atoms with Gasteiger partial charge in [0.15, 0.2) is 11.5 Å². The lowest BCUT2D eigenvalue weighted by molar-refractivity contribution is -0.141. The summed E-state index contributed by atoms with van der Waals surface area (Å²) < 4.78 is 10.7. The molecule has 1 unspecified atom stereocenters. The van der Waals surface area contributed by atoms with Gasteiger partial charge < -0.3 is 19.1 Å². The SMILES string of the molecule is CC(C(=O)N1CCOCC1)N1CCN(C(=O)c2cc(-c3cccc(Cl)c3)on2)CC1. The first-order valence-corrected chi connectivity index (χ1v) is 10.5. The van der Waals surface area contributed by atoms with Gasteiger partial charge in [0.1, 0.15) is 0 Å². The molecular formula is C21H25ClN4O4. The van der Waals surface area contributed by atoms with Crippen molar-refractivity contribution in [2.75, 3.05) is 52.5 Å². The van der Waals surface area contributed by atoms with Crippen LogP contribution in [0.2, 0.25) is 5.02 Å². The van der Waals surface area contributed by atoms with Gasteiger partial charge in [-0.25, -0.2) is 0 Å². The molecule has 8 nitrogen and oxygen atoms in total. The Bertz CT molecular complexity index is 904. The minimum absolute atomic E-state index is 0.126. The summed E-state index contributed by atoms with van der Waals surface area (Å²) in [6.07, 6.45) is 0. The summed E-state index contributed by atoms with van der Waals surface area (Å²) in [5.74, 6) is 0.462. The van der Waals surface area contributed by atoms with Crippen LogP contribution >= 0.6 is 11.6 Å². The highest BCUT2D eigenvalue weighted by Gasteiger charge is 2.31. The van der Waals surface area contributed by atoms with E-state index >= 15 is 0 Å². The molecule has 9 heteroatoms. The molecule has 1 aromatic carbocycles. The molecule has 3 heterocycles. The number of benzene rings is 1. The maximum absolute atomic E-state index is 12.8. The van der Waals surface area contributed by atoms with Crippen molar-refractivity contribution in [3.05, 3.63) is 41.0 Å². The quantitative estimate of drug-likeness (QED) is 0.735. The molecule has 0 N–H and O–H groups in total. The second kappa shape index (κ2) is 9.16. The zero-order chi connectivity index (χ0) is 21.1. The minimum atomic E-state index is -0.207. The Morgan fingerprint density at radius 2 is 1.77 bits per heavy atom. The van der Waals surface area contributed by atoms with E-state index in [4.69, 9.17) is 20.9 Å². The molecule has 2 saturated heterocycles. The Kier molecular flexibility index (Phi) is 6.36. The number of nitrogens with zero attached hydrogens (tertiary/aromatic N) is 4. The van der Waals surface area contributed by atoms with Crippen LogP contribution in [0.1, 0.15) is 17.4 Å². The van der Waals surface area contributed by atoms with Gasteiger partial charge in [0.05, 0.1) is 19.3 Å². The van der Waals surface area contributed by atoms with Gasteiger partial charge in [0.25, 0.3) is 5.91 Å². The topological polar surface area (TPSA) is 79.1 Å². The van der Waals surface area contributed by atoms with Gasteiger partial charge in [-0.3, -0.25) is 14.5 Å². The van der Waals surface area contributed by atoms with Crippen LogP contribution in [0.4, 0.5) is 0 Å². The Morgan fingerprint density at radius 1 is 1.03 bits per heavy atom. The number of amides is 2. The lowest BCUT2D eigenvalue weighted by Gasteiger charge is -2.39. The molecule has 2 aliphatic heterocycles. The molecule has 30 heavy (non-hydrogen) atoms. The Morgan fingerprint density at radius 3 is 2.47 bits per heavy atom. The van der Waals surface area contributed by atoms with Crippen LogP contribution in [0.25, 0.3) is 11.3 Å². The van der Waals surface area contributed by atoms with E-state index in [0.29, 0.717) is 63.3 Å². The van der Waals surface area contributed by atoms with Gasteiger partial charge in [0.2, 0.25) is 5.91 Å². The van der Waals surface area contributed by atoms with Gasteiger partial charge in [-0.15, -0.1) is 0 Å². The number of carbonyl (C=O) groups is 2. The number of hydrogen-bond donors (Lipinski definition) is 0. The van der Waals surface area contributed by atoms with Gasteiger partial charge in [-0.1, -0.05) is 28.9 Å². The van der Waals surface area contributed by atoms with Crippen molar-refractivity contribution in [1.29, 1.82) is 0 Å². The largest absolute Gasteiger partial charge is 0.378 e. The maximum Gasteiger partial charge on any atom is 0.276 e. The molecule has 2 aliphatic rings. The highest BCUT2D eigenvalue weighted by molar-refractivity contribution is 6.30. The van der Waals surface area contributed by atoms with E-state index in [2.05, 4.69) is 10.1 Å². The van der Waals surface area contributed by atoms with Crippen LogP contribution in [0.3, 0.4) is 0 Å². The summed E-state index contributed by atoms with van der Waals surface area (Å²) in [6, 6.07) is 8.65. The fourth-order valence-corrected chi connectivity index (χ4v) is 4.02. The van der Waals surface area contributed by atoms with E-state index in [1.165, 1.54) is 0 Å². The average molecular weight is 433 g/mol. The number of morpholine rings is 1. The van der Waals surface area contributed by atoms with Crippen molar-refractivity contribution >= 4 is 23.4 Å². The molecule has 0 spiro atoms. The van der Waals surface area contributed by atoms with Crippen molar-refractivity contribution in [1.82, 2.24) is 19.9 Å². The lowest BCUT2D eigenvalue weighted by atomic mass is 10.1. The van der Waals surface area contributed by atoms with Crippen molar-refractivity contribution in [2.24, 2.45) is 0 Å². The first-order chi connectivity index (χ1) is 14.5. The molecule has 1 atom stereocenters. The molecule has 0 bridgehead atoms. The first-order valence-electron chi connectivity index (χ1n) is 10.2. The third-order valence-corrected chi connectivity index (χ3v) is 5.90. The lowest BCUT2D eigenvalue weighted by Crippen LogP contribution is -2.56. The summed E-state index contributed by atoms with van der Waals surface area (Å²) in [6.45, 7) is 6.77. The average Bonchev–Trinajstić information content (AvgIpc) is 3.29. The van der Waals surface area contributed by atoms with Crippen molar-refractivity contribution < 1.29 is 18.8 Å². The smallest absolute Gasteiger partial charge is 0.276 e. The first kappa shape index (κ1) is 20.8. The predicted molar refractivity (Wildman–Crippen MR) is 111 cm³/mol. The standard InChI is InChI=1S/C21H25ClN4O4/c1-15(20(27)26-9-11-29-12-10-26)24-5-7-25(8-6-24)21(28)18-14-19(30-23-18)16-3-2-4-17(22)13-16/h2-4,13-15H,5-12H2,1H3. The van der Waals surface area contributed by atoms with Crippen molar-refractivity contribution in [3.8, 4) is 11.3 Å². The molecule has 160 valence electrons.